The molecule has 0 aromatic rings. The highest BCUT2D eigenvalue weighted by molar-refractivity contribution is 5.59. The summed E-state index contributed by atoms with van der Waals surface area (Å²) in [7, 11) is 0. The molecule has 0 nitrogen and oxygen atoms in total. The maximum Gasteiger partial charge on any atom is 0.0463 e. The van der Waals surface area contributed by atoms with Gasteiger partial charge in [-0.3, -0.25) is 0 Å². The Labute approximate surface area is 49.2 Å². The molecule has 38 valence electrons. The Bertz CT molecular complexity index is 200. The summed E-state index contributed by atoms with van der Waals surface area (Å²) in [5.41, 5.74) is 3.73. The van der Waals surface area contributed by atoms with Gasteiger partial charge in [0, 0.05) is 6.42 Å². The highest BCUT2D eigenvalue weighted by Crippen LogP contribution is 2.37. The SMILES string of the molecule is C=C1CC2=CC=C1[C]2. The van der Waals surface area contributed by atoms with Gasteiger partial charge in [0.15, 0.2) is 0 Å². The molecule has 0 saturated heterocycles. The summed E-state index contributed by atoms with van der Waals surface area (Å²) in [6.07, 6.45) is 8.41. The van der Waals surface area contributed by atoms with Gasteiger partial charge in [-0.15, -0.1) is 0 Å². The van der Waals surface area contributed by atoms with Crippen molar-refractivity contribution in [3.05, 3.63) is 41.9 Å². The molecule has 2 bridgehead atoms. The zero-order chi connectivity index (χ0) is 5.56. The van der Waals surface area contributed by atoms with Gasteiger partial charge in [0.05, 0.1) is 0 Å². The molecule has 2 aliphatic carbocycles. The molecule has 2 rings (SSSR count). The molecule has 8 heavy (non-hydrogen) atoms. The molecule has 0 aliphatic heterocycles. The van der Waals surface area contributed by atoms with Gasteiger partial charge in [-0.1, -0.05) is 24.3 Å². The van der Waals surface area contributed by atoms with Crippen LogP contribution >= 0.6 is 0 Å². The van der Waals surface area contributed by atoms with Crippen LogP contribution in [0.4, 0.5) is 0 Å². The van der Waals surface area contributed by atoms with Crippen LogP contribution in [0, 0.1) is 6.42 Å². The van der Waals surface area contributed by atoms with E-state index in [0.29, 0.717) is 0 Å². The Hall–Kier alpha value is -0.780. The van der Waals surface area contributed by atoms with Crippen LogP contribution in [-0.2, 0) is 0 Å². The second kappa shape index (κ2) is 1.13. The van der Waals surface area contributed by atoms with Gasteiger partial charge < -0.3 is 0 Å². The molecule has 0 atom stereocenters. The summed E-state index contributed by atoms with van der Waals surface area (Å²) in [4.78, 5) is 0. The monoisotopic (exact) mass is 102 g/mol. The molecule has 0 amide bonds. The fourth-order valence-corrected chi connectivity index (χ4v) is 1.07. The molecule has 0 aromatic heterocycles. The lowest BCUT2D eigenvalue weighted by Gasteiger charge is -1.93. The Morgan fingerprint density at radius 2 is 2.38 bits per heavy atom. The third-order valence-corrected chi connectivity index (χ3v) is 1.53. The molecule has 2 aliphatic rings. The van der Waals surface area contributed by atoms with E-state index >= 15 is 0 Å². The van der Waals surface area contributed by atoms with Gasteiger partial charge >= 0.3 is 0 Å². The molecule has 2 radical (unpaired) electrons. The summed E-state index contributed by atoms with van der Waals surface area (Å²) < 4.78 is 0. The standard InChI is InChI=1S/C8H6/c1-6-4-7-2-3-8(6)5-7/h2-3H,1,4H2. The quantitative estimate of drug-likeness (QED) is 0.438. The largest absolute Gasteiger partial charge is 0.0952 e. The van der Waals surface area contributed by atoms with Crippen LogP contribution in [0.15, 0.2) is 35.5 Å². The lowest BCUT2D eigenvalue weighted by Crippen LogP contribution is -1.74. The van der Waals surface area contributed by atoms with Gasteiger partial charge in [-0.05, 0) is 17.6 Å². The van der Waals surface area contributed by atoms with Crippen molar-refractivity contribution in [2.75, 3.05) is 0 Å². The van der Waals surface area contributed by atoms with Crippen molar-refractivity contribution in [3.8, 4) is 0 Å². The highest BCUT2D eigenvalue weighted by atomic mass is 14.2. The minimum absolute atomic E-state index is 1.03. The summed E-state index contributed by atoms with van der Waals surface area (Å²) >= 11 is 0. The first-order chi connectivity index (χ1) is 3.86. The summed E-state index contributed by atoms with van der Waals surface area (Å²) in [6, 6.07) is 0. The van der Waals surface area contributed by atoms with Gasteiger partial charge in [0.2, 0.25) is 0 Å². The third-order valence-electron chi connectivity index (χ3n) is 1.53. The van der Waals surface area contributed by atoms with Crippen LogP contribution in [0.3, 0.4) is 0 Å². The van der Waals surface area contributed by atoms with Crippen molar-refractivity contribution >= 4 is 0 Å². The van der Waals surface area contributed by atoms with E-state index in [9.17, 15) is 0 Å². The molecule has 0 heterocycles. The molecule has 0 aromatic carbocycles. The molecule has 0 unspecified atom stereocenters. The first-order valence-corrected chi connectivity index (χ1v) is 2.72. The predicted molar refractivity (Wildman–Crippen MR) is 33.2 cm³/mol. The van der Waals surface area contributed by atoms with Crippen molar-refractivity contribution in [2.45, 2.75) is 6.42 Å². The Balaban J connectivity index is 2.50. The zero-order valence-corrected chi connectivity index (χ0v) is 4.57. The molecular formula is C8H6. The number of rotatable bonds is 0. The fourth-order valence-electron chi connectivity index (χ4n) is 1.07. The van der Waals surface area contributed by atoms with E-state index in [-0.39, 0.29) is 0 Å². The lowest BCUT2D eigenvalue weighted by molar-refractivity contribution is 1.27. The maximum atomic E-state index is 3.87. The zero-order valence-electron chi connectivity index (χ0n) is 4.57. The van der Waals surface area contributed by atoms with Crippen LogP contribution in [-0.4, -0.2) is 0 Å². The van der Waals surface area contributed by atoms with Crippen LogP contribution in [0.1, 0.15) is 6.42 Å². The smallest absolute Gasteiger partial charge is 0.0463 e. The van der Waals surface area contributed by atoms with Gasteiger partial charge in [0.1, 0.15) is 0 Å². The normalized spacial score (nSPS) is 23.8. The number of hydrogen-bond donors (Lipinski definition) is 0. The summed E-state index contributed by atoms with van der Waals surface area (Å²) in [5, 5.41) is 0. The minimum Gasteiger partial charge on any atom is -0.0952 e. The number of allylic oxidation sites excluding steroid dienone is 5. The fraction of sp³-hybridized carbons (Fsp3) is 0.125. The average molecular weight is 102 g/mol. The van der Waals surface area contributed by atoms with E-state index in [1.807, 2.05) is 0 Å². The molecule has 1 fully saturated rings. The van der Waals surface area contributed by atoms with Crippen molar-refractivity contribution in [1.29, 1.82) is 0 Å². The van der Waals surface area contributed by atoms with Crippen molar-refractivity contribution in [2.24, 2.45) is 0 Å². The molecular weight excluding hydrogens is 96.1 g/mol. The number of fused-ring (bicyclic) bond motifs is 2. The summed E-state index contributed by atoms with van der Waals surface area (Å²) in [5.74, 6) is 0. The molecule has 0 heteroatoms. The first-order valence-electron chi connectivity index (χ1n) is 2.72. The second-order valence-electron chi connectivity index (χ2n) is 2.18. The highest BCUT2D eigenvalue weighted by Gasteiger charge is 2.20. The molecule has 0 N–H and O–H groups in total. The second-order valence-corrected chi connectivity index (χ2v) is 2.18. The topological polar surface area (TPSA) is 0 Å². The Kier molecular flexibility index (Phi) is 0.587. The Morgan fingerprint density at radius 1 is 1.50 bits per heavy atom. The van der Waals surface area contributed by atoms with Crippen LogP contribution in [0.2, 0.25) is 0 Å². The molecule has 0 spiro atoms. The van der Waals surface area contributed by atoms with E-state index < -0.39 is 0 Å². The minimum atomic E-state index is 1.03. The maximum absolute atomic E-state index is 3.87. The summed E-state index contributed by atoms with van der Waals surface area (Å²) in [6.45, 7) is 3.87. The van der Waals surface area contributed by atoms with E-state index in [4.69, 9.17) is 0 Å². The van der Waals surface area contributed by atoms with Crippen molar-refractivity contribution in [3.63, 3.8) is 0 Å². The molecule has 1 saturated carbocycles. The third kappa shape index (κ3) is 0.353. The van der Waals surface area contributed by atoms with Crippen molar-refractivity contribution in [1.82, 2.24) is 0 Å². The van der Waals surface area contributed by atoms with E-state index in [1.165, 1.54) is 16.7 Å². The average Bonchev–Trinajstić information content (AvgIpc) is 2.23. The first kappa shape index (κ1) is 4.13. The Morgan fingerprint density at radius 3 is 2.62 bits per heavy atom. The van der Waals surface area contributed by atoms with Crippen molar-refractivity contribution < 1.29 is 0 Å². The number of hydrogen-bond acceptors (Lipinski definition) is 0. The van der Waals surface area contributed by atoms with E-state index in [0.717, 1.165) is 6.42 Å². The van der Waals surface area contributed by atoms with Crippen LogP contribution in [0.5, 0.6) is 0 Å². The van der Waals surface area contributed by atoms with Gasteiger partial charge in [-0.25, -0.2) is 0 Å². The van der Waals surface area contributed by atoms with E-state index in [2.05, 4.69) is 25.2 Å². The van der Waals surface area contributed by atoms with Crippen LogP contribution < -0.4 is 0 Å². The van der Waals surface area contributed by atoms with Gasteiger partial charge in [-0.2, -0.15) is 0 Å². The van der Waals surface area contributed by atoms with Crippen LogP contribution in [0.25, 0.3) is 0 Å². The van der Waals surface area contributed by atoms with Gasteiger partial charge in [0.25, 0.3) is 0 Å². The lowest BCUT2D eigenvalue weighted by atomic mass is 10.1. The predicted octanol–water partition coefficient (Wildman–Crippen LogP) is 1.89. The van der Waals surface area contributed by atoms with E-state index in [1.54, 1.807) is 0 Å².